The molecular formula is C30H34FN3O5. The second-order valence-electron chi connectivity index (χ2n) is 10.6. The molecule has 1 N–H and O–H groups in total. The van der Waals surface area contributed by atoms with Crippen LogP contribution in [-0.2, 0) is 19.5 Å². The summed E-state index contributed by atoms with van der Waals surface area (Å²) in [5, 5.41) is 11.4. The van der Waals surface area contributed by atoms with E-state index < -0.39 is 0 Å². The van der Waals surface area contributed by atoms with Crippen molar-refractivity contribution in [2.24, 2.45) is 5.92 Å². The fourth-order valence-electron chi connectivity index (χ4n) is 5.78. The Labute approximate surface area is 227 Å². The van der Waals surface area contributed by atoms with Gasteiger partial charge in [-0.25, -0.2) is 4.39 Å². The number of aromatic nitrogens is 1. The highest BCUT2D eigenvalue weighted by Crippen LogP contribution is 2.42. The minimum Gasteiger partial charge on any atom is -0.505 e. The third kappa shape index (κ3) is 4.93. The van der Waals surface area contributed by atoms with Crippen molar-refractivity contribution in [3.05, 3.63) is 76.4 Å². The van der Waals surface area contributed by atoms with Gasteiger partial charge in [0.05, 0.1) is 20.3 Å². The summed E-state index contributed by atoms with van der Waals surface area (Å²) in [6.07, 6.45) is 1.30. The fourth-order valence-corrected chi connectivity index (χ4v) is 5.78. The number of benzene rings is 2. The molecule has 0 saturated heterocycles. The first-order chi connectivity index (χ1) is 18.7. The van der Waals surface area contributed by atoms with Gasteiger partial charge in [-0.15, -0.1) is 0 Å². The molecule has 0 bridgehead atoms. The summed E-state index contributed by atoms with van der Waals surface area (Å²) in [7, 11) is 3.16. The van der Waals surface area contributed by atoms with Gasteiger partial charge < -0.3 is 28.9 Å². The Morgan fingerprint density at radius 1 is 1.00 bits per heavy atom. The van der Waals surface area contributed by atoms with Crippen molar-refractivity contribution >= 4 is 11.8 Å². The zero-order valence-electron chi connectivity index (χ0n) is 22.7. The van der Waals surface area contributed by atoms with Crippen LogP contribution in [0.1, 0.15) is 64.0 Å². The van der Waals surface area contributed by atoms with E-state index in [0.29, 0.717) is 55.7 Å². The lowest BCUT2D eigenvalue weighted by molar-refractivity contribution is 0.0628. The van der Waals surface area contributed by atoms with Crippen molar-refractivity contribution in [1.29, 1.82) is 0 Å². The molecule has 2 amide bonds. The Hall–Kier alpha value is -4.01. The van der Waals surface area contributed by atoms with E-state index >= 15 is 0 Å². The molecule has 39 heavy (non-hydrogen) atoms. The molecule has 0 saturated carbocycles. The molecule has 206 valence electrons. The predicted molar refractivity (Wildman–Crippen MR) is 144 cm³/mol. The van der Waals surface area contributed by atoms with Crippen LogP contribution in [0.3, 0.4) is 0 Å². The molecule has 2 aliphatic heterocycles. The number of fused-ring (bicyclic) bond motifs is 3. The van der Waals surface area contributed by atoms with Crippen molar-refractivity contribution in [2.75, 3.05) is 27.3 Å². The molecular weight excluding hydrogens is 501 g/mol. The Morgan fingerprint density at radius 2 is 1.74 bits per heavy atom. The number of amides is 2. The van der Waals surface area contributed by atoms with Crippen LogP contribution < -0.4 is 9.47 Å². The third-order valence-electron chi connectivity index (χ3n) is 7.57. The summed E-state index contributed by atoms with van der Waals surface area (Å²) in [5.74, 6) is 0.360. The smallest absolute Gasteiger partial charge is 0.274 e. The number of nitrogens with zero attached hydrogens (tertiary/aromatic N) is 3. The normalized spacial score (nSPS) is 16.9. The summed E-state index contributed by atoms with van der Waals surface area (Å²) in [6.45, 7) is 5.73. The van der Waals surface area contributed by atoms with Gasteiger partial charge in [0.2, 0.25) is 0 Å². The third-order valence-corrected chi connectivity index (χ3v) is 7.57. The first-order valence-corrected chi connectivity index (χ1v) is 13.2. The molecule has 1 unspecified atom stereocenters. The summed E-state index contributed by atoms with van der Waals surface area (Å²) in [5.41, 5.74) is 2.69. The van der Waals surface area contributed by atoms with Gasteiger partial charge in [-0.05, 0) is 42.2 Å². The van der Waals surface area contributed by atoms with Gasteiger partial charge >= 0.3 is 0 Å². The number of hydrogen-bond acceptors (Lipinski definition) is 5. The Morgan fingerprint density at radius 3 is 2.41 bits per heavy atom. The predicted octanol–water partition coefficient (Wildman–Crippen LogP) is 4.79. The topological polar surface area (TPSA) is 84.2 Å². The molecule has 8 nitrogen and oxygen atoms in total. The average Bonchev–Trinajstić information content (AvgIpc) is 3.22. The number of halogens is 1. The van der Waals surface area contributed by atoms with Gasteiger partial charge in [-0.1, -0.05) is 26.0 Å². The van der Waals surface area contributed by atoms with E-state index in [2.05, 4.69) is 13.8 Å². The molecule has 1 aromatic heterocycles. The van der Waals surface area contributed by atoms with Crippen LogP contribution in [0.25, 0.3) is 0 Å². The SMILES string of the molecule is COc1ccc(CN2CC(CC(C)C)n3c4c(c(O)c3C2=O)C(=O)N(Cc2ccc(F)cc2)CC4)c(OC)c1. The van der Waals surface area contributed by atoms with E-state index in [1.807, 2.05) is 16.7 Å². The quantitative estimate of drug-likeness (QED) is 0.448. The van der Waals surface area contributed by atoms with Crippen LogP contribution in [0.2, 0.25) is 0 Å². The zero-order chi connectivity index (χ0) is 27.8. The molecule has 0 spiro atoms. The number of methoxy groups -OCH3 is 2. The highest BCUT2D eigenvalue weighted by atomic mass is 19.1. The zero-order valence-corrected chi connectivity index (χ0v) is 22.7. The van der Waals surface area contributed by atoms with Crippen LogP contribution in [0.15, 0.2) is 42.5 Å². The van der Waals surface area contributed by atoms with Crippen molar-refractivity contribution in [2.45, 2.75) is 45.8 Å². The molecule has 0 fully saturated rings. The number of ether oxygens (including phenoxy) is 2. The largest absolute Gasteiger partial charge is 0.505 e. The van der Waals surface area contributed by atoms with Gasteiger partial charge in [0.1, 0.15) is 22.9 Å². The number of hydrogen-bond donors (Lipinski definition) is 1. The average molecular weight is 536 g/mol. The minimum atomic E-state index is -0.338. The van der Waals surface area contributed by atoms with Crippen LogP contribution in [0, 0.1) is 11.7 Å². The van der Waals surface area contributed by atoms with Crippen LogP contribution >= 0.6 is 0 Å². The molecule has 9 heteroatoms. The summed E-state index contributed by atoms with van der Waals surface area (Å²) in [6, 6.07) is 11.4. The molecule has 3 aromatic rings. The lowest BCUT2D eigenvalue weighted by Gasteiger charge is -2.37. The van der Waals surface area contributed by atoms with Crippen molar-refractivity contribution in [3.63, 3.8) is 0 Å². The highest BCUT2D eigenvalue weighted by Gasteiger charge is 2.42. The molecule has 0 radical (unpaired) electrons. The summed E-state index contributed by atoms with van der Waals surface area (Å²) in [4.78, 5) is 30.8. The van der Waals surface area contributed by atoms with Crippen LogP contribution in [-0.4, -0.2) is 58.6 Å². The molecule has 2 aliphatic rings. The van der Waals surface area contributed by atoms with Gasteiger partial charge in [0.25, 0.3) is 11.8 Å². The minimum absolute atomic E-state index is 0.0898. The first-order valence-electron chi connectivity index (χ1n) is 13.2. The maximum atomic E-state index is 13.8. The summed E-state index contributed by atoms with van der Waals surface area (Å²) >= 11 is 0. The van der Waals surface area contributed by atoms with Gasteiger partial charge in [-0.2, -0.15) is 0 Å². The van der Waals surface area contributed by atoms with Crippen LogP contribution in [0.5, 0.6) is 17.2 Å². The first kappa shape index (κ1) is 26.6. The maximum Gasteiger partial charge on any atom is 0.274 e. The van der Waals surface area contributed by atoms with Gasteiger partial charge in [0, 0.05) is 49.9 Å². The standard InChI is InChI=1S/C30H34FN3O5/c1-18(2)13-22-17-33(16-20-7-10-23(38-3)14-25(20)39-4)30(37)27-28(35)26-24(34(22)27)11-12-32(29(26)36)15-19-5-8-21(31)9-6-19/h5-10,14,18,22,35H,11-13,15-17H2,1-4H3. The molecule has 3 heterocycles. The van der Waals surface area contributed by atoms with E-state index in [-0.39, 0.29) is 40.7 Å². The molecule has 1 atom stereocenters. The lowest BCUT2D eigenvalue weighted by Crippen LogP contribution is -2.44. The second-order valence-corrected chi connectivity index (χ2v) is 10.6. The van der Waals surface area contributed by atoms with E-state index in [9.17, 15) is 19.1 Å². The molecule has 0 aliphatic carbocycles. The Kier molecular flexibility index (Phi) is 7.25. The second kappa shape index (κ2) is 10.6. The Bertz CT molecular complexity index is 1400. The Balaban J connectivity index is 1.50. The number of rotatable bonds is 8. The highest BCUT2D eigenvalue weighted by molar-refractivity contribution is 6.06. The summed E-state index contributed by atoms with van der Waals surface area (Å²) < 4.78 is 26.1. The molecule has 2 aromatic carbocycles. The number of carbonyl (C=O) groups is 2. The number of aromatic hydroxyl groups is 1. The number of carbonyl (C=O) groups excluding carboxylic acids is 2. The lowest BCUT2D eigenvalue weighted by atomic mass is 9.99. The van der Waals surface area contributed by atoms with E-state index in [1.165, 1.54) is 12.1 Å². The van der Waals surface area contributed by atoms with Gasteiger partial charge in [0.15, 0.2) is 11.4 Å². The van der Waals surface area contributed by atoms with Crippen molar-refractivity contribution < 1.29 is 28.6 Å². The van der Waals surface area contributed by atoms with E-state index in [0.717, 1.165) is 17.5 Å². The van der Waals surface area contributed by atoms with Crippen molar-refractivity contribution in [3.8, 4) is 17.2 Å². The van der Waals surface area contributed by atoms with Crippen LogP contribution in [0.4, 0.5) is 4.39 Å². The fraction of sp³-hybridized carbons (Fsp3) is 0.400. The van der Waals surface area contributed by atoms with Crippen molar-refractivity contribution in [1.82, 2.24) is 14.4 Å². The van der Waals surface area contributed by atoms with E-state index in [1.54, 1.807) is 42.2 Å². The maximum absolute atomic E-state index is 13.8. The van der Waals surface area contributed by atoms with E-state index in [4.69, 9.17) is 9.47 Å². The monoisotopic (exact) mass is 535 g/mol. The molecule has 5 rings (SSSR count). The van der Waals surface area contributed by atoms with Gasteiger partial charge in [-0.3, -0.25) is 9.59 Å².